The van der Waals surface area contributed by atoms with Crippen LogP contribution in [-0.2, 0) is 4.79 Å². The van der Waals surface area contributed by atoms with Crippen molar-refractivity contribution in [2.75, 3.05) is 0 Å². The average molecular weight is 309 g/mol. The molecule has 3 aromatic rings. The van der Waals surface area contributed by atoms with E-state index in [2.05, 4.69) is 11.1 Å². The first kappa shape index (κ1) is 13.5. The van der Waals surface area contributed by atoms with Crippen LogP contribution in [0.4, 0.5) is 0 Å². The van der Waals surface area contributed by atoms with Crippen molar-refractivity contribution in [2.45, 2.75) is 19.3 Å². The molecule has 0 N–H and O–H groups in total. The second-order valence-electron chi connectivity index (χ2n) is 5.56. The molecule has 110 valence electrons. The summed E-state index contributed by atoms with van der Waals surface area (Å²) in [5.74, 6) is 0.615. The quantitative estimate of drug-likeness (QED) is 0.521. The van der Waals surface area contributed by atoms with E-state index in [-0.39, 0.29) is 11.9 Å². The Hall–Kier alpha value is -2.20. The van der Waals surface area contributed by atoms with Gasteiger partial charge in [0.1, 0.15) is 10.8 Å². The molecule has 0 saturated heterocycles. The van der Waals surface area contributed by atoms with Crippen LogP contribution in [-0.4, -0.2) is 11.0 Å². The number of esters is 1. The first-order valence-corrected chi connectivity index (χ1v) is 8.29. The summed E-state index contributed by atoms with van der Waals surface area (Å²) in [6.07, 6.45) is 3.06. The molecular weight excluding hydrogens is 294 g/mol. The fourth-order valence-electron chi connectivity index (χ4n) is 2.50. The summed E-state index contributed by atoms with van der Waals surface area (Å²) < 4.78 is 6.59. The molecule has 1 fully saturated rings. The standard InChI is InChI=1S/C18H15NO2S/c20-18(13-4-3-5-13)21-14-10-8-12(9-11-14)17-19-15-6-1-2-7-16(15)22-17/h1-2,6-11,13H,3-5H2. The Bertz CT molecular complexity index is 785. The molecule has 4 rings (SSSR count). The van der Waals surface area contributed by atoms with E-state index < -0.39 is 0 Å². The second kappa shape index (κ2) is 5.54. The van der Waals surface area contributed by atoms with Crippen LogP contribution in [0.2, 0.25) is 0 Å². The molecule has 2 aromatic carbocycles. The summed E-state index contributed by atoms with van der Waals surface area (Å²) >= 11 is 1.67. The number of hydrogen-bond donors (Lipinski definition) is 0. The van der Waals surface area contributed by atoms with E-state index in [1.54, 1.807) is 11.3 Å². The minimum atomic E-state index is -0.0982. The van der Waals surface area contributed by atoms with Crippen molar-refractivity contribution in [2.24, 2.45) is 5.92 Å². The maximum absolute atomic E-state index is 11.8. The first-order chi connectivity index (χ1) is 10.8. The van der Waals surface area contributed by atoms with Crippen LogP contribution in [0, 0.1) is 5.92 Å². The lowest BCUT2D eigenvalue weighted by Gasteiger charge is -2.22. The van der Waals surface area contributed by atoms with Crippen LogP contribution in [0.15, 0.2) is 48.5 Å². The van der Waals surface area contributed by atoms with Gasteiger partial charge in [-0.05, 0) is 49.2 Å². The van der Waals surface area contributed by atoms with Gasteiger partial charge in [-0.25, -0.2) is 4.98 Å². The van der Waals surface area contributed by atoms with Crippen LogP contribution >= 0.6 is 11.3 Å². The SMILES string of the molecule is O=C(Oc1ccc(-c2nc3ccccc3s2)cc1)C1CCC1. The second-order valence-corrected chi connectivity index (χ2v) is 6.59. The van der Waals surface area contributed by atoms with Crippen LogP contribution in [0.5, 0.6) is 5.75 Å². The van der Waals surface area contributed by atoms with Gasteiger partial charge < -0.3 is 4.74 Å². The number of thiazole rings is 1. The largest absolute Gasteiger partial charge is 0.426 e. The minimum absolute atomic E-state index is 0.0982. The highest BCUT2D eigenvalue weighted by molar-refractivity contribution is 7.21. The first-order valence-electron chi connectivity index (χ1n) is 7.47. The van der Waals surface area contributed by atoms with Gasteiger partial charge in [-0.15, -0.1) is 11.3 Å². The number of hydrogen-bond acceptors (Lipinski definition) is 4. The molecular formula is C18H15NO2S. The van der Waals surface area contributed by atoms with E-state index in [0.29, 0.717) is 5.75 Å². The van der Waals surface area contributed by atoms with E-state index in [9.17, 15) is 4.79 Å². The Morgan fingerprint density at radius 2 is 1.86 bits per heavy atom. The highest BCUT2D eigenvalue weighted by Crippen LogP contribution is 2.32. The molecule has 0 aliphatic heterocycles. The molecule has 22 heavy (non-hydrogen) atoms. The highest BCUT2D eigenvalue weighted by atomic mass is 32.1. The van der Waals surface area contributed by atoms with Gasteiger partial charge in [-0.1, -0.05) is 18.6 Å². The lowest BCUT2D eigenvalue weighted by molar-refractivity contribution is -0.141. The molecule has 1 aliphatic rings. The zero-order valence-electron chi connectivity index (χ0n) is 12.0. The molecule has 1 aliphatic carbocycles. The third-order valence-corrected chi connectivity index (χ3v) is 5.14. The molecule has 1 aromatic heterocycles. The van der Waals surface area contributed by atoms with Gasteiger partial charge in [0.2, 0.25) is 0 Å². The Balaban J connectivity index is 1.54. The highest BCUT2D eigenvalue weighted by Gasteiger charge is 2.27. The number of para-hydroxylation sites is 1. The molecule has 1 saturated carbocycles. The van der Waals surface area contributed by atoms with Crippen molar-refractivity contribution >= 4 is 27.5 Å². The van der Waals surface area contributed by atoms with Gasteiger partial charge in [0.25, 0.3) is 0 Å². The van der Waals surface area contributed by atoms with Gasteiger partial charge in [0.15, 0.2) is 0 Å². The van der Waals surface area contributed by atoms with Gasteiger partial charge in [0, 0.05) is 5.56 Å². The summed E-state index contributed by atoms with van der Waals surface area (Å²) in [4.78, 5) is 16.5. The van der Waals surface area contributed by atoms with Crippen molar-refractivity contribution in [3.05, 3.63) is 48.5 Å². The molecule has 0 spiro atoms. The molecule has 0 atom stereocenters. The van der Waals surface area contributed by atoms with Crippen LogP contribution < -0.4 is 4.74 Å². The molecule has 0 amide bonds. The number of benzene rings is 2. The molecule has 0 radical (unpaired) electrons. The molecule has 3 nitrogen and oxygen atoms in total. The summed E-state index contributed by atoms with van der Waals surface area (Å²) in [6.45, 7) is 0. The number of ether oxygens (including phenoxy) is 1. The lowest BCUT2D eigenvalue weighted by atomic mass is 9.86. The molecule has 0 unspecified atom stereocenters. The van der Waals surface area contributed by atoms with Crippen molar-refractivity contribution in [1.82, 2.24) is 4.98 Å². The van der Waals surface area contributed by atoms with E-state index in [1.807, 2.05) is 42.5 Å². The summed E-state index contributed by atoms with van der Waals surface area (Å²) in [7, 11) is 0. The van der Waals surface area contributed by atoms with E-state index >= 15 is 0 Å². The predicted molar refractivity (Wildman–Crippen MR) is 88.0 cm³/mol. The number of rotatable bonds is 3. The Kier molecular flexibility index (Phi) is 3.39. The minimum Gasteiger partial charge on any atom is -0.426 e. The number of carbonyl (C=O) groups excluding carboxylic acids is 1. The van der Waals surface area contributed by atoms with E-state index in [1.165, 1.54) is 4.70 Å². The predicted octanol–water partition coefficient (Wildman–Crippen LogP) is 4.67. The van der Waals surface area contributed by atoms with Crippen molar-refractivity contribution < 1.29 is 9.53 Å². The zero-order chi connectivity index (χ0) is 14.9. The normalized spacial score (nSPS) is 14.7. The fraction of sp³-hybridized carbons (Fsp3) is 0.222. The van der Waals surface area contributed by atoms with Gasteiger partial charge >= 0.3 is 5.97 Å². The van der Waals surface area contributed by atoms with Crippen molar-refractivity contribution in [1.29, 1.82) is 0 Å². The van der Waals surface area contributed by atoms with E-state index in [4.69, 9.17) is 4.74 Å². The fourth-order valence-corrected chi connectivity index (χ4v) is 3.48. The monoisotopic (exact) mass is 309 g/mol. The van der Waals surface area contributed by atoms with E-state index in [0.717, 1.165) is 35.4 Å². The topological polar surface area (TPSA) is 39.2 Å². The molecule has 4 heteroatoms. The van der Waals surface area contributed by atoms with Crippen LogP contribution in [0.1, 0.15) is 19.3 Å². The van der Waals surface area contributed by atoms with Crippen LogP contribution in [0.3, 0.4) is 0 Å². The molecule has 1 heterocycles. The third kappa shape index (κ3) is 2.50. The molecule has 0 bridgehead atoms. The zero-order valence-corrected chi connectivity index (χ0v) is 12.8. The summed E-state index contributed by atoms with van der Waals surface area (Å²) in [6, 6.07) is 15.7. The smallest absolute Gasteiger partial charge is 0.314 e. The van der Waals surface area contributed by atoms with Gasteiger partial charge in [-0.2, -0.15) is 0 Å². The van der Waals surface area contributed by atoms with Crippen LogP contribution in [0.25, 0.3) is 20.8 Å². The number of carbonyl (C=O) groups is 1. The van der Waals surface area contributed by atoms with Crippen molar-refractivity contribution in [3.63, 3.8) is 0 Å². The Morgan fingerprint density at radius 3 is 2.55 bits per heavy atom. The summed E-state index contributed by atoms with van der Waals surface area (Å²) in [5.41, 5.74) is 2.06. The van der Waals surface area contributed by atoms with Gasteiger partial charge in [0.05, 0.1) is 16.1 Å². The summed E-state index contributed by atoms with van der Waals surface area (Å²) in [5, 5.41) is 0.984. The van der Waals surface area contributed by atoms with Crippen molar-refractivity contribution in [3.8, 4) is 16.3 Å². The Morgan fingerprint density at radius 1 is 1.09 bits per heavy atom. The maximum atomic E-state index is 11.8. The number of aromatic nitrogens is 1. The average Bonchev–Trinajstić information content (AvgIpc) is 2.90. The number of nitrogens with zero attached hydrogens (tertiary/aromatic N) is 1. The van der Waals surface area contributed by atoms with Gasteiger partial charge in [-0.3, -0.25) is 4.79 Å². The Labute approximate surface area is 132 Å². The lowest BCUT2D eigenvalue weighted by Crippen LogP contribution is -2.26. The third-order valence-electron chi connectivity index (χ3n) is 4.05. The maximum Gasteiger partial charge on any atom is 0.314 e. The number of fused-ring (bicyclic) bond motifs is 1.